The molecule has 1 unspecified atom stereocenters. The van der Waals surface area contributed by atoms with Gasteiger partial charge in [-0.2, -0.15) is 9.61 Å². The second kappa shape index (κ2) is 2.76. The Kier molecular flexibility index (Phi) is 1.70. The van der Waals surface area contributed by atoms with E-state index in [1.807, 2.05) is 6.92 Å². The average molecular weight is 223 g/mol. The summed E-state index contributed by atoms with van der Waals surface area (Å²) in [5.41, 5.74) is 6.01. The van der Waals surface area contributed by atoms with Crippen LogP contribution in [0.5, 0.6) is 0 Å². The van der Waals surface area contributed by atoms with E-state index >= 15 is 0 Å². The van der Waals surface area contributed by atoms with Crippen molar-refractivity contribution in [3.63, 3.8) is 0 Å². The van der Waals surface area contributed by atoms with Crippen molar-refractivity contribution in [1.29, 1.82) is 0 Å². The molecule has 0 bridgehead atoms. The predicted molar refractivity (Wildman–Crippen MR) is 57.7 cm³/mol. The van der Waals surface area contributed by atoms with Crippen molar-refractivity contribution in [1.82, 2.24) is 19.8 Å². The Hall–Kier alpha value is -1.01. The molecular formula is C9H13N5S. The number of nitrogens with zero attached hydrogens (tertiary/aromatic N) is 4. The molecule has 0 aliphatic heterocycles. The van der Waals surface area contributed by atoms with Gasteiger partial charge in [-0.1, -0.05) is 11.3 Å². The van der Waals surface area contributed by atoms with Crippen molar-refractivity contribution in [2.45, 2.75) is 32.2 Å². The Morgan fingerprint density at radius 3 is 2.80 bits per heavy atom. The van der Waals surface area contributed by atoms with Crippen molar-refractivity contribution in [2.75, 3.05) is 0 Å². The summed E-state index contributed by atoms with van der Waals surface area (Å²) in [5, 5.41) is 13.5. The van der Waals surface area contributed by atoms with E-state index in [1.54, 1.807) is 15.9 Å². The molecular weight excluding hydrogens is 210 g/mol. The van der Waals surface area contributed by atoms with Crippen LogP contribution in [0.3, 0.4) is 0 Å². The number of rotatable bonds is 2. The lowest BCUT2D eigenvalue weighted by molar-refractivity contribution is 0.420. The summed E-state index contributed by atoms with van der Waals surface area (Å²) < 4.78 is 1.77. The van der Waals surface area contributed by atoms with E-state index in [-0.39, 0.29) is 5.54 Å². The number of nitrogens with two attached hydrogens (primary N) is 1. The number of hydrogen-bond acceptors (Lipinski definition) is 5. The first-order valence-electron chi connectivity index (χ1n) is 5.07. The highest BCUT2D eigenvalue weighted by Gasteiger charge is 2.42. The summed E-state index contributed by atoms with van der Waals surface area (Å²) in [5.74, 6) is 1.40. The molecule has 0 amide bonds. The maximum absolute atomic E-state index is 6.30. The van der Waals surface area contributed by atoms with Crippen LogP contribution < -0.4 is 5.73 Å². The minimum atomic E-state index is -0.294. The highest BCUT2D eigenvalue weighted by Crippen LogP contribution is 2.44. The van der Waals surface area contributed by atoms with E-state index < -0.39 is 0 Å². The fourth-order valence-corrected chi connectivity index (χ4v) is 2.81. The van der Waals surface area contributed by atoms with Crippen molar-refractivity contribution >= 4 is 16.3 Å². The molecule has 0 radical (unpaired) electrons. The van der Waals surface area contributed by atoms with Gasteiger partial charge >= 0.3 is 0 Å². The van der Waals surface area contributed by atoms with Crippen molar-refractivity contribution in [3.05, 3.63) is 10.8 Å². The third kappa shape index (κ3) is 1.28. The summed E-state index contributed by atoms with van der Waals surface area (Å²) in [6.45, 7) is 3.96. The molecule has 5 nitrogen and oxygen atoms in total. The van der Waals surface area contributed by atoms with E-state index in [0.717, 1.165) is 15.8 Å². The number of hydrogen-bond donors (Lipinski definition) is 1. The molecule has 15 heavy (non-hydrogen) atoms. The molecule has 1 fully saturated rings. The van der Waals surface area contributed by atoms with Crippen molar-refractivity contribution in [2.24, 2.45) is 11.7 Å². The van der Waals surface area contributed by atoms with Crippen molar-refractivity contribution < 1.29 is 0 Å². The van der Waals surface area contributed by atoms with E-state index in [9.17, 15) is 0 Å². The van der Waals surface area contributed by atoms with Crippen LogP contribution in [-0.4, -0.2) is 19.8 Å². The molecule has 0 saturated heterocycles. The molecule has 2 N–H and O–H groups in total. The van der Waals surface area contributed by atoms with Crippen LogP contribution in [0.2, 0.25) is 0 Å². The lowest BCUT2D eigenvalue weighted by Crippen LogP contribution is -2.35. The van der Waals surface area contributed by atoms with E-state index in [1.165, 1.54) is 12.8 Å². The van der Waals surface area contributed by atoms with Gasteiger partial charge in [0.25, 0.3) is 0 Å². The molecule has 1 saturated carbocycles. The largest absolute Gasteiger partial charge is 0.319 e. The van der Waals surface area contributed by atoms with E-state index in [0.29, 0.717) is 5.92 Å². The zero-order chi connectivity index (χ0) is 10.6. The van der Waals surface area contributed by atoms with Crippen LogP contribution >= 0.6 is 11.3 Å². The first-order valence-corrected chi connectivity index (χ1v) is 5.89. The molecule has 1 aliphatic carbocycles. The minimum absolute atomic E-state index is 0.294. The Morgan fingerprint density at radius 1 is 1.47 bits per heavy atom. The normalized spacial score (nSPS) is 20.7. The molecule has 80 valence electrons. The third-order valence-corrected chi connectivity index (χ3v) is 4.18. The zero-order valence-electron chi connectivity index (χ0n) is 8.77. The quantitative estimate of drug-likeness (QED) is 0.827. The van der Waals surface area contributed by atoms with Gasteiger partial charge in [-0.25, -0.2) is 0 Å². The lowest BCUT2D eigenvalue weighted by atomic mass is 9.99. The number of aromatic nitrogens is 4. The van der Waals surface area contributed by atoms with E-state index in [2.05, 4.69) is 22.2 Å². The summed E-state index contributed by atoms with van der Waals surface area (Å²) in [6.07, 6.45) is 2.43. The first kappa shape index (κ1) is 9.23. The van der Waals surface area contributed by atoms with Gasteiger partial charge in [-0.3, -0.25) is 0 Å². The molecule has 0 aromatic carbocycles. The first-order chi connectivity index (χ1) is 7.09. The van der Waals surface area contributed by atoms with Gasteiger partial charge in [0, 0.05) is 0 Å². The summed E-state index contributed by atoms with van der Waals surface area (Å²) in [4.78, 5) is 0.833. The second-order valence-electron chi connectivity index (χ2n) is 4.41. The fraction of sp³-hybridized carbons (Fsp3) is 0.667. The van der Waals surface area contributed by atoms with Gasteiger partial charge in [0.15, 0.2) is 5.82 Å². The molecule has 3 rings (SSSR count). The maximum atomic E-state index is 6.30. The van der Waals surface area contributed by atoms with Gasteiger partial charge in [-0.05, 0) is 32.6 Å². The Labute approximate surface area is 91.3 Å². The van der Waals surface area contributed by atoms with Crippen LogP contribution in [0.1, 0.15) is 30.6 Å². The molecule has 0 spiro atoms. The summed E-state index contributed by atoms with van der Waals surface area (Å²) >= 11 is 1.55. The average Bonchev–Trinajstić information content (AvgIpc) is 2.86. The topological polar surface area (TPSA) is 69.1 Å². The van der Waals surface area contributed by atoms with Crippen LogP contribution in [0.25, 0.3) is 4.96 Å². The summed E-state index contributed by atoms with van der Waals surface area (Å²) in [7, 11) is 0. The van der Waals surface area contributed by atoms with Crippen LogP contribution in [0.4, 0.5) is 0 Å². The monoisotopic (exact) mass is 223 g/mol. The van der Waals surface area contributed by atoms with Gasteiger partial charge < -0.3 is 5.73 Å². The Balaban J connectivity index is 2.10. The van der Waals surface area contributed by atoms with Gasteiger partial charge in [0.05, 0.1) is 5.54 Å². The molecule has 1 aliphatic rings. The van der Waals surface area contributed by atoms with Gasteiger partial charge in [0.2, 0.25) is 4.96 Å². The summed E-state index contributed by atoms with van der Waals surface area (Å²) in [6, 6.07) is 0. The smallest absolute Gasteiger partial charge is 0.234 e. The molecule has 2 aromatic heterocycles. The predicted octanol–water partition coefficient (Wildman–Crippen LogP) is 1.08. The standard InChI is InChI=1S/C9H13N5S/c1-5-11-12-8-14(5)13-7(15-8)9(2,10)6-3-4-6/h6H,3-4,10H2,1-2H3. The zero-order valence-corrected chi connectivity index (χ0v) is 9.58. The molecule has 6 heteroatoms. The SMILES string of the molecule is Cc1nnc2sc(C(C)(N)C3CC3)nn12. The highest BCUT2D eigenvalue weighted by molar-refractivity contribution is 7.16. The molecule has 2 heterocycles. The van der Waals surface area contributed by atoms with Gasteiger partial charge in [0.1, 0.15) is 5.01 Å². The Morgan fingerprint density at radius 2 is 2.20 bits per heavy atom. The van der Waals surface area contributed by atoms with Crippen molar-refractivity contribution in [3.8, 4) is 0 Å². The molecule has 2 aromatic rings. The molecule has 1 atom stereocenters. The van der Waals surface area contributed by atoms with Crippen LogP contribution in [0.15, 0.2) is 0 Å². The number of aryl methyl sites for hydroxylation is 1. The lowest BCUT2D eigenvalue weighted by Gasteiger charge is -2.20. The van der Waals surface area contributed by atoms with Crippen LogP contribution in [-0.2, 0) is 5.54 Å². The maximum Gasteiger partial charge on any atom is 0.234 e. The van der Waals surface area contributed by atoms with Crippen LogP contribution in [0, 0.1) is 12.8 Å². The second-order valence-corrected chi connectivity index (χ2v) is 5.36. The van der Waals surface area contributed by atoms with E-state index in [4.69, 9.17) is 5.73 Å². The minimum Gasteiger partial charge on any atom is -0.319 e. The highest BCUT2D eigenvalue weighted by atomic mass is 32.1. The van der Waals surface area contributed by atoms with Gasteiger partial charge in [-0.15, -0.1) is 10.2 Å². The Bertz CT molecular complexity index is 508. The third-order valence-electron chi connectivity index (χ3n) is 3.03. The fourth-order valence-electron chi connectivity index (χ4n) is 1.79. The number of fused-ring (bicyclic) bond motifs is 1.